The van der Waals surface area contributed by atoms with E-state index in [0.29, 0.717) is 12.1 Å². The second-order valence-corrected chi connectivity index (χ2v) is 7.63. The molecule has 1 aliphatic rings. The van der Waals surface area contributed by atoms with Crippen LogP contribution in [0.25, 0.3) is 0 Å². The summed E-state index contributed by atoms with van der Waals surface area (Å²) >= 11 is 4.39. The van der Waals surface area contributed by atoms with E-state index >= 15 is 0 Å². The Labute approximate surface area is 121 Å². The molecule has 0 aliphatic heterocycles. The Morgan fingerprint density at radius 3 is 3.18 bits per heavy atom. The fourth-order valence-electron chi connectivity index (χ4n) is 2.46. The molecule has 0 saturated carbocycles. The van der Waals surface area contributed by atoms with Gasteiger partial charge in [0, 0.05) is 24.1 Å². The van der Waals surface area contributed by atoms with Gasteiger partial charge in [0.1, 0.15) is 0 Å². The van der Waals surface area contributed by atoms with Crippen LogP contribution in [0, 0.1) is 2.88 Å². The molecule has 1 aromatic rings. The average molecular weight is 365 g/mol. The zero-order valence-electron chi connectivity index (χ0n) is 10.5. The van der Waals surface area contributed by atoms with Crippen LogP contribution in [-0.2, 0) is 11.2 Å². The van der Waals surface area contributed by atoms with E-state index in [0.717, 1.165) is 13.0 Å². The molecule has 4 heteroatoms. The lowest BCUT2D eigenvalue weighted by molar-refractivity contribution is 0.156. The van der Waals surface area contributed by atoms with Crippen LogP contribution in [0.1, 0.15) is 42.7 Å². The monoisotopic (exact) mass is 365 g/mol. The molecular weight excluding hydrogens is 345 g/mol. The van der Waals surface area contributed by atoms with Gasteiger partial charge in [0.25, 0.3) is 0 Å². The Bertz CT molecular complexity index is 366. The lowest BCUT2D eigenvalue weighted by Gasteiger charge is -2.28. The molecule has 1 aliphatic carbocycles. The summed E-state index contributed by atoms with van der Waals surface area (Å²) in [4.78, 5) is 1.59. The van der Waals surface area contributed by atoms with E-state index in [9.17, 15) is 0 Å². The van der Waals surface area contributed by atoms with Gasteiger partial charge in [0.05, 0.1) is 9.49 Å². The Morgan fingerprint density at radius 2 is 2.47 bits per heavy atom. The third-order valence-electron chi connectivity index (χ3n) is 3.38. The van der Waals surface area contributed by atoms with Gasteiger partial charge in [-0.15, -0.1) is 11.3 Å². The fourth-order valence-corrected chi connectivity index (χ4v) is 4.58. The largest absolute Gasteiger partial charge is 0.383 e. The molecule has 2 atom stereocenters. The van der Waals surface area contributed by atoms with Crippen molar-refractivity contribution in [3.05, 3.63) is 19.4 Å². The summed E-state index contributed by atoms with van der Waals surface area (Å²) in [6.07, 6.45) is 4.97. The number of thiophene rings is 1. The van der Waals surface area contributed by atoms with Crippen LogP contribution >= 0.6 is 33.9 Å². The van der Waals surface area contributed by atoms with E-state index in [1.807, 2.05) is 11.3 Å². The van der Waals surface area contributed by atoms with Crippen molar-refractivity contribution >= 4 is 33.9 Å². The lowest BCUT2D eigenvalue weighted by Crippen LogP contribution is -2.36. The molecule has 17 heavy (non-hydrogen) atoms. The number of aryl methyl sites for hydroxylation is 1. The van der Waals surface area contributed by atoms with Crippen molar-refractivity contribution < 1.29 is 4.74 Å². The molecule has 2 rings (SSSR count). The average Bonchev–Trinajstić information content (AvgIpc) is 2.70. The van der Waals surface area contributed by atoms with Crippen molar-refractivity contribution in [1.82, 2.24) is 5.32 Å². The highest BCUT2D eigenvalue weighted by atomic mass is 127. The maximum Gasteiger partial charge on any atom is 0.0659 e. The first-order chi connectivity index (χ1) is 8.24. The van der Waals surface area contributed by atoms with Crippen LogP contribution in [0.15, 0.2) is 6.07 Å². The Hall–Kier alpha value is 0.350. The summed E-state index contributed by atoms with van der Waals surface area (Å²) in [6, 6.07) is 3.38. The number of nitrogens with one attached hydrogen (secondary N) is 1. The first-order valence-electron chi connectivity index (χ1n) is 6.27. The molecule has 2 unspecified atom stereocenters. The standard InChI is InChI=1S/C13H20INOS/c1-3-9(8-16-2)15-11-5-4-6-12-10(11)7-13(14)17-12/h7,9,11,15H,3-6,8H2,1-2H3. The van der Waals surface area contributed by atoms with Gasteiger partial charge in [0.15, 0.2) is 0 Å². The normalized spacial score (nSPS) is 21.2. The number of hydrogen-bond donors (Lipinski definition) is 1. The van der Waals surface area contributed by atoms with Gasteiger partial charge in [-0.05, 0) is 59.9 Å². The minimum Gasteiger partial charge on any atom is -0.383 e. The molecule has 96 valence electrons. The van der Waals surface area contributed by atoms with Gasteiger partial charge >= 0.3 is 0 Å². The van der Waals surface area contributed by atoms with Crippen molar-refractivity contribution in [1.29, 1.82) is 0 Å². The summed E-state index contributed by atoms with van der Waals surface area (Å²) in [5, 5.41) is 3.75. The van der Waals surface area contributed by atoms with Crippen LogP contribution in [-0.4, -0.2) is 19.8 Å². The van der Waals surface area contributed by atoms with E-state index in [2.05, 4.69) is 40.9 Å². The minimum absolute atomic E-state index is 0.480. The summed E-state index contributed by atoms with van der Waals surface area (Å²) in [5.74, 6) is 0. The number of halogens is 1. The molecule has 0 radical (unpaired) electrons. The summed E-state index contributed by atoms with van der Waals surface area (Å²) < 4.78 is 6.69. The third kappa shape index (κ3) is 3.43. The number of fused-ring (bicyclic) bond motifs is 1. The Morgan fingerprint density at radius 1 is 1.65 bits per heavy atom. The molecule has 0 fully saturated rings. The summed E-state index contributed by atoms with van der Waals surface area (Å²) in [7, 11) is 1.78. The molecule has 0 spiro atoms. The zero-order chi connectivity index (χ0) is 12.3. The van der Waals surface area contributed by atoms with Crippen LogP contribution in [0.2, 0.25) is 0 Å². The second kappa shape index (κ2) is 6.50. The number of ether oxygens (including phenoxy) is 1. The van der Waals surface area contributed by atoms with Crippen LogP contribution < -0.4 is 5.32 Å². The SMILES string of the molecule is CCC(COC)NC1CCCc2sc(I)cc21. The van der Waals surface area contributed by atoms with Gasteiger partial charge in [-0.1, -0.05) is 6.92 Å². The van der Waals surface area contributed by atoms with Crippen molar-refractivity contribution in [2.24, 2.45) is 0 Å². The van der Waals surface area contributed by atoms with Crippen molar-refractivity contribution in [3.63, 3.8) is 0 Å². The highest BCUT2D eigenvalue weighted by Gasteiger charge is 2.24. The van der Waals surface area contributed by atoms with E-state index in [1.165, 1.54) is 22.1 Å². The quantitative estimate of drug-likeness (QED) is 0.803. The Kier molecular flexibility index (Phi) is 5.26. The predicted octanol–water partition coefficient (Wildman–Crippen LogP) is 3.74. The molecule has 0 amide bonds. The molecule has 0 bridgehead atoms. The van der Waals surface area contributed by atoms with Crippen LogP contribution in [0.5, 0.6) is 0 Å². The first kappa shape index (κ1) is 13.8. The van der Waals surface area contributed by atoms with E-state index in [1.54, 1.807) is 17.6 Å². The molecule has 0 saturated heterocycles. The Balaban J connectivity index is 2.07. The highest BCUT2D eigenvalue weighted by molar-refractivity contribution is 14.1. The molecule has 1 N–H and O–H groups in total. The van der Waals surface area contributed by atoms with Crippen molar-refractivity contribution in [2.45, 2.75) is 44.7 Å². The summed E-state index contributed by atoms with van der Waals surface area (Å²) in [5.41, 5.74) is 1.54. The highest BCUT2D eigenvalue weighted by Crippen LogP contribution is 2.36. The molecule has 1 aromatic heterocycles. The maximum absolute atomic E-state index is 5.27. The van der Waals surface area contributed by atoms with Crippen LogP contribution in [0.4, 0.5) is 0 Å². The zero-order valence-corrected chi connectivity index (χ0v) is 13.4. The van der Waals surface area contributed by atoms with Gasteiger partial charge in [-0.25, -0.2) is 0 Å². The van der Waals surface area contributed by atoms with Gasteiger partial charge in [0.2, 0.25) is 0 Å². The smallest absolute Gasteiger partial charge is 0.0659 e. The predicted molar refractivity (Wildman–Crippen MR) is 81.8 cm³/mol. The molecule has 1 heterocycles. The van der Waals surface area contributed by atoms with E-state index in [4.69, 9.17) is 4.74 Å². The molecular formula is C13H20INOS. The number of methoxy groups -OCH3 is 1. The van der Waals surface area contributed by atoms with Crippen molar-refractivity contribution in [3.8, 4) is 0 Å². The number of rotatable bonds is 5. The molecule has 2 nitrogen and oxygen atoms in total. The van der Waals surface area contributed by atoms with Gasteiger partial charge in [-0.2, -0.15) is 0 Å². The number of hydrogen-bond acceptors (Lipinski definition) is 3. The second-order valence-electron chi connectivity index (χ2n) is 4.60. The molecule has 0 aromatic carbocycles. The minimum atomic E-state index is 0.480. The van der Waals surface area contributed by atoms with Gasteiger partial charge < -0.3 is 10.1 Å². The maximum atomic E-state index is 5.27. The topological polar surface area (TPSA) is 21.3 Å². The fraction of sp³-hybridized carbons (Fsp3) is 0.692. The van der Waals surface area contributed by atoms with E-state index < -0.39 is 0 Å². The van der Waals surface area contributed by atoms with Crippen LogP contribution in [0.3, 0.4) is 0 Å². The summed E-state index contributed by atoms with van der Waals surface area (Å²) in [6.45, 7) is 3.03. The van der Waals surface area contributed by atoms with E-state index in [-0.39, 0.29) is 0 Å². The third-order valence-corrected chi connectivity index (χ3v) is 5.35. The first-order valence-corrected chi connectivity index (χ1v) is 8.17. The van der Waals surface area contributed by atoms with Gasteiger partial charge in [-0.3, -0.25) is 0 Å². The lowest BCUT2D eigenvalue weighted by atomic mass is 9.93. The van der Waals surface area contributed by atoms with Crippen molar-refractivity contribution in [2.75, 3.05) is 13.7 Å².